The molecule has 1 heterocycles. The third-order valence-electron chi connectivity index (χ3n) is 5.16. The fourth-order valence-corrected chi connectivity index (χ4v) is 3.89. The maximum Gasteiger partial charge on any atom is 0.168 e. The van der Waals surface area contributed by atoms with Gasteiger partial charge in [0, 0.05) is 16.9 Å². The number of halogens is 2. The summed E-state index contributed by atoms with van der Waals surface area (Å²) in [5, 5.41) is 1.07. The van der Waals surface area contributed by atoms with Crippen LogP contribution in [-0.4, -0.2) is 25.1 Å². The van der Waals surface area contributed by atoms with Gasteiger partial charge >= 0.3 is 0 Å². The van der Waals surface area contributed by atoms with Crippen molar-refractivity contribution in [2.75, 3.05) is 13.2 Å². The third-order valence-corrected chi connectivity index (χ3v) is 5.90. The number of Topliss-reactive ketones (excluding diaryl/α,β-unsaturated/α-hetero) is 1. The van der Waals surface area contributed by atoms with Gasteiger partial charge in [-0.15, -0.1) is 0 Å². The van der Waals surface area contributed by atoms with Crippen LogP contribution in [0.2, 0.25) is 10.0 Å². The van der Waals surface area contributed by atoms with Crippen molar-refractivity contribution in [3.8, 4) is 5.75 Å². The molecule has 2 aromatic carbocycles. The van der Waals surface area contributed by atoms with Crippen LogP contribution in [0.1, 0.15) is 47.7 Å². The van der Waals surface area contributed by atoms with Crippen LogP contribution in [0.25, 0.3) is 0 Å². The molecule has 0 radical (unpaired) electrons. The van der Waals surface area contributed by atoms with Gasteiger partial charge in [0.15, 0.2) is 5.78 Å². The van der Waals surface area contributed by atoms with E-state index in [9.17, 15) is 4.79 Å². The van der Waals surface area contributed by atoms with Crippen molar-refractivity contribution in [3.63, 3.8) is 0 Å². The smallest absolute Gasteiger partial charge is 0.168 e. The van der Waals surface area contributed by atoms with E-state index in [-0.39, 0.29) is 17.8 Å². The van der Waals surface area contributed by atoms with E-state index in [2.05, 4.69) is 0 Å². The normalized spacial score (nSPS) is 23.5. The minimum Gasteiger partial charge on any atom is -0.491 e. The molecule has 5 heteroatoms. The molecule has 1 aliphatic carbocycles. The first kappa shape index (κ1) is 17.8. The van der Waals surface area contributed by atoms with Gasteiger partial charge in [0.2, 0.25) is 0 Å². The number of fused-ring (bicyclic) bond motifs is 1. The summed E-state index contributed by atoms with van der Waals surface area (Å²) >= 11 is 12.3. The summed E-state index contributed by atoms with van der Waals surface area (Å²) in [5.74, 6) is 0.948. The van der Waals surface area contributed by atoms with Gasteiger partial charge in [-0.3, -0.25) is 4.79 Å². The van der Waals surface area contributed by atoms with E-state index < -0.39 is 5.41 Å². The van der Waals surface area contributed by atoms with Gasteiger partial charge in [0.1, 0.15) is 18.5 Å². The summed E-state index contributed by atoms with van der Waals surface area (Å²) in [6.45, 7) is 5.26. The monoisotopic (exact) mass is 390 g/mol. The molecule has 26 heavy (non-hydrogen) atoms. The lowest BCUT2D eigenvalue weighted by Crippen LogP contribution is -2.33. The van der Waals surface area contributed by atoms with Gasteiger partial charge in [-0.25, -0.2) is 0 Å². The van der Waals surface area contributed by atoms with E-state index in [0.717, 1.165) is 29.7 Å². The molecular formula is C21H20Cl2O3. The zero-order chi connectivity index (χ0) is 18.5. The number of carbonyl (C=O) groups is 1. The predicted molar refractivity (Wildman–Crippen MR) is 103 cm³/mol. The van der Waals surface area contributed by atoms with E-state index >= 15 is 0 Å². The molecule has 1 saturated heterocycles. The molecule has 2 atom stereocenters. The van der Waals surface area contributed by atoms with Crippen LogP contribution < -0.4 is 4.74 Å². The maximum absolute atomic E-state index is 13.0. The third kappa shape index (κ3) is 3.36. The highest BCUT2D eigenvalue weighted by atomic mass is 35.5. The van der Waals surface area contributed by atoms with Crippen LogP contribution in [0.15, 0.2) is 36.4 Å². The van der Waals surface area contributed by atoms with Gasteiger partial charge in [0.25, 0.3) is 0 Å². The number of carbonyl (C=O) groups excluding carboxylic acids is 1. The zero-order valence-electron chi connectivity index (χ0n) is 14.7. The summed E-state index contributed by atoms with van der Waals surface area (Å²) in [6, 6.07) is 11.5. The average Bonchev–Trinajstić information content (AvgIpc) is 3.43. The van der Waals surface area contributed by atoms with Crippen molar-refractivity contribution in [1.29, 1.82) is 0 Å². The molecule has 2 unspecified atom stereocenters. The lowest BCUT2D eigenvalue weighted by Gasteiger charge is -2.36. The first-order valence-corrected chi connectivity index (χ1v) is 9.49. The van der Waals surface area contributed by atoms with Crippen molar-refractivity contribution in [3.05, 3.63) is 63.1 Å². The maximum atomic E-state index is 13.0. The van der Waals surface area contributed by atoms with Crippen molar-refractivity contribution in [1.82, 2.24) is 0 Å². The highest BCUT2D eigenvalue weighted by Crippen LogP contribution is 2.46. The van der Waals surface area contributed by atoms with Crippen LogP contribution in [0, 0.1) is 5.41 Å². The number of ether oxygens (including phenoxy) is 2. The summed E-state index contributed by atoms with van der Waals surface area (Å²) < 4.78 is 11.0. The van der Waals surface area contributed by atoms with Crippen molar-refractivity contribution >= 4 is 29.0 Å². The lowest BCUT2D eigenvalue weighted by atomic mass is 9.66. The van der Waals surface area contributed by atoms with E-state index in [1.165, 1.54) is 0 Å². The summed E-state index contributed by atoms with van der Waals surface area (Å²) in [5.41, 5.74) is 2.36. The molecule has 3 nitrogen and oxygen atoms in total. The molecule has 2 aromatic rings. The molecule has 1 aliphatic heterocycles. The zero-order valence-corrected chi connectivity index (χ0v) is 16.2. The fourth-order valence-electron chi connectivity index (χ4n) is 3.58. The number of hydrogen-bond donors (Lipinski definition) is 0. The molecule has 1 fully saturated rings. The Balaban J connectivity index is 1.73. The minimum atomic E-state index is -0.456. The molecule has 0 saturated carbocycles. The Morgan fingerprint density at radius 3 is 2.62 bits per heavy atom. The van der Waals surface area contributed by atoms with E-state index in [0.29, 0.717) is 22.4 Å². The van der Waals surface area contributed by atoms with Gasteiger partial charge in [-0.05, 0) is 41.8 Å². The van der Waals surface area contributed by atoms with Gasteiger partial charge in [-0.2, -0.15) is 0 Å². The summed E-state index contributed by atoms with van der Waals surface area (Å²) in [7, 11) is 0. The van der Waals surface area contributed by atoms with E-state index in [1.54, 1.807) is 0 Å². The van der Waals surface area contributed by atoms with Gasteiger partial charge in [-0.1, -0.05) is 49.2 Å². The van der Waals surface area contributed by atoms with Crippen LogP contribution in [0.4, 0.5) is 0 Å². The molecule has 4 rings (SSSR count). The highest BCUT2D eigenvalue weighted by Gasteiger charge is 2.40. The first-order chi connectivity index (χ1) is 12.3. The van der Waals surface area contributed by atoms with E-state index in [1.807, 2.05) is 50.2 Å². The average molecular weight is 391 g/mol. The molecule has 136 valence electrons. The second-order valence-corrected chi connectivity index (χ2v) is 8.47. The molecular weight excluding hydrogens is 371 g/mol. The molecule has 0 amide bonds. The molecule has 0 N–H and O–H groups in total. The number of rotatable bonds is 4. The Hall–Kier alpha value is -1.55. The number of ketones is 1. The largest absolute Gasteiger partial charge is 0.491 e. The second kappa shape index (κ2) is 6.56. The van der Waals surface area contributed by atoms with Crippen molar-refractivity contribution in [2.45, 2.75) is 32.3 Å². The predicted octanol–water partition coefficient (Wildman–Crippen LogP) is 5.52. The number of epoxide rings is 1. The number of benzene rings is 2. The Kier molecular flexibility index (Phi) is 4.50. The van der Waals surface area contributed by atoms with Crippen LogP contribution >= 0.6 is 23.2 Å². The Labute approximate surface area is 163 Å². The second-order valence-electron chi connectivity index (χ2n) is 7.66. The molecule has 0 bridgehead atoms. The SMILES string of the molecule is CC1(C)CC(c2ccc(Cl)c(Cl)c2)c2ccc(OCC3CO3)cc2C1=O. The number of hydrogen-bond acceptors (Lipinski definition) is 3. The molecule has 2 aliphatic rings. The fraction of sp³-hybridized carbons (Fsp3) is 0.381. The van der Waals surface area contributed by atoms with Gasteiger partial charge in [0.05, 0.1) is 16.7 Å². The van der Waals surface area contributed by atoms with Crippen molar-refractivity contribution in [2.24, 2.45) is 5.41 Å². The quantitative estimate of drug-likeness (QED) is 0.645. The highest BCUT2D eigenvalue weighted by molar-refractivity contribution is 6.42. The van der Waals surface area contributed by atoms with E-state index in [4.69, 9.17) is 32.7 Å². The van der Waals surface area contributed by atoms with Crippen LogP contribution in [0.3, 0.4) is 0 Å². The first-order valence-electron chi connectivity index (χ1n) is 8.73. The standard InChI is InChI=1S/C21H20Cl2O3/c1-21(2)9-17(12-3-6-18(22)19(23)7-12)15-5-4-13(8-16(15)20(21)24)25-10-14-11-26-14/h3-8,14,17H,9-11H2,1-2H3. The van der Waals surface area contributed by atoms with Crippen LogP contribution in [-0.2, 0) is 4.74 Å². The molecule has 0 spiro atoms. The van der Waals surface area contributed by atoms with Gasteiger partial charge < -0.3 is 9.47 Å². The summed E-state index contributed by atoms with van der Waals surface area (Å²) in [6.07, 6.45) is 0.912. The van der Waals surface area contributed by atoms with Crippen molar-refractivity contribution < 1.29 is 14.3 Å². The molecule has 0 aromatic heterocycles. The van der Waals surface area contributed by atoms with Crippen LogP contribution in [0.5, 0.6) is 5.75 Å². The summed E-state index contributed by atoms with van der Waals surface area (Å²) in [4.78, 5) is 13.0. The minimum absolute atomic E-state index is 0.0910. The lowest BCUT2D eigenvalue weighted by molar-refractivity contribution is 0.0801. The Morgan fingerprint density at radius 1 is 1.15 bits per heavy atom. The Morgan fingerprint density at radius 2 is 1.92 bits per heavy atom. The topological polar surface area (TPSA) is 38.8 Å². The Bertz CT molecular complexity index is 872.